The third-order valence-corrected chi connectivity index (χ3v) is 3.71. The van der Waals surface area contributed by atoms with Crippen LogP contribution in [0.5, 0.6) is 0 Å². The van der Waals surface area contributed by atoms with Crippen LogP contribution in [-0.4, -0.2) is 11.5 Å². The number of aromatic nitrogens is 1. The van der Waals surface area contributed by atoms with Gasteiger partial charge in [-0.15, -0.1) is 0 Å². The van der Waals surface area contributed by atoms with E-state index in [4.69, 9.17) is 5.73 Å². The van der Waals surface area contributed by atoms with Crippen LogP contribution in [0.2, 0.25) is 0 Å². The lowest BCUT2D eigenvalue weighted by molar-refractivity contribution is 0.695. The van der Waals surface area contributed by atoms with Gasteiger partial charge < -0.3 is 5.73 Å². The topological polar surface area (TPSA) is 38.9 Å². The molecule has 0 radical (unpaired) electrons. The Morgan fingerprint density at radius 2 is 1.80 bits per heavy atom. The molecule has 0 aliphatic carbocycles. The van der Waals surface area contributed by atoms with Crippen LogP contribution in [0.15, 0.2) is 66.9 Å². The first-order valence-electron chi connectivity index (χ1n) is 6.95. The van der Waals surface area contributed by atoms with Gasteiger partial charge >= 0.3 is 0 Å². The first kappa shape index (κ1) is 12.8. The van der Waals surface area contributed by atoms with E-state index in [0.29, 0.717) is 12.5 Å². The van der Waals surface area contributed by atoms with Gasteiger partial charge in [0.05, 0.1) is 5.52 Å². The number of hydrogen-bond donors (Lipinski definition) is 1. The number of rotatable bonds is 4. The van der Waals surface area contributed by atoms with Gasteiger partial charge in [0.1, 0.15) is 0 Å². The van der Waals surface area contributed by atoms with E-state index in [9.17, 15) is 0 Å². The van der Waals surface area contributed by atoms with Gasteiger partial charge in [0, 0.05) is 17.5 Å². The van der Waals surface area contributed by atoms with Crippen LogP contribution in [0.4, 0.5) is 0 Å². The van der Waals surface area contributed by atoms with Crippen molar-refractivity contribution in [1.82, 2.24) is 4.98 Å². The number of hydrogen-bond acceptors (Lipinski definition) is 2. The third-order valence-electron chi connectivity index (χ3n) is 3.71. The van der Waals surface area contributed by atoms with E-state index in [1.54, 1.807) is 0 Å². The van der Waals surface area contributed by atoms with Gasteiger partial charge in [-0.2, -0.15) is 0 Å². The minimum Gasteiger partial charge on any atom is -0.330 e. The van der Waals surface area contributed by atoms with E-state index in [-0.39, 0.29) is 0 Å². The molecule has 0 bridgehead atoms. The molecule has 0 aliphatic rings. The molecule has 20 heavy (non-hydrogen) atoms. The maximum absolute atomic E-state index is 5.95. The van der Waals surface area contributed by atoms with Gasteiger partial charge in [0.15, 0.2) is 0 Å². The summed E-state index contributed by atoms with van der Waals surface area (Å²) in [6, 6.07) is 21.0. The summed E-state index contributed by atoms with van der Waals surface area (Å²) in [7, 11) is 0. The van der Waals surface area contributed by atoms with Crippen molar-refractivity contribution >= 4 is 10.9 Å². The van der Waals surface area contributed by atoms with Gasteiger partial charge in [-0.05, 0) is 42.3 Å². The van der Waals surface area contributed by atoms with Crippen LogP contribution in [-0.2, 0) is 6.42 Å². The predicted molar refractivity (Wildman–Crippen MR) is 83.7 cm³/mol. The molecular weight excluding hydrogens is 244 g/mol. The normalized spacial score (nSPS) is 12.4. The first-order valence-corrected chi connectivity index (χ1v) is 6.95. The maximum atomic E-state index is 5.95. The monoisotopic (exact) mass is 262 g/mol. The predicted octanol–water partition coefficient (Wildman–Crippen LogP) is 3.52. The average Bonchev–Trinajstić information content (AvgIpc) is 2.53. The molecule has 2 heteroatoms. The molecule has 1 unspecified atom stereocenters. The third kappa shape index (κ3) is 2.70. The standard InChI is InChI=1S/C18H18N2/c19-13-17(15-5-2-1-3-6-15)12-14-8-9-18-16(11-14)7-4-10-20-18/h1-11,17H,12-13,19H2. The van der Waals surface area contributed by atoms with Crippen molar-refractivity contribution in [3.63, 3.8) is 0 Å². The van der Waals surface area contributed by atoms with Gasteiger partial charge in [-0.3, -0.25) is 4.98 Å². The molecule has 0 saturated heterocycles. The van der Waals surface area contributed by atoms with Crippen LogP contribution in [0.1, 0.15) is 17.0 Å². The molecule has 2 aromatic carbocycles. The Labute approximate surface area is 119 Å². The Morgan fingerprint density at radius 3 is 2.60 bits per heavy atom. The van der Waals surface area contributed by atoms with E-state index in [1.807, 2.05) is 18.3 Å². The molecule has 0 fully saturated rings. The molecule has 0 spiro atoms. The summed E-state index contributed by atoms with van der Waals surface area (Å²) in [6.45, 7) is 0.662. The number of nitrogens with zero attached hydrogens (tertiary/aromatic N) is 1. The van der Waals surface area contributed by atoms with Crippen LogP contribution in [0, 0.1) is 0 Å². The second-order valence-electron chi connectivity index (χ2n) is 5.08. The molecule has 2 N–H and O–H groups in total. The van der Waals surface area contributed by atoms with Crippen molar-refractivity contribution in [2.24, 2.45) is 5.73 Å². The van der Waals surface area contributed by atoms with E-state index >= 15 is 0 Å². The molecule has 1 heterocycles. The molecule has 2 nitrogen and oxygen atoms in total. The molecule has 0 amide bonds. The summed E-state index contributed by atoms with van der Waals surface area (Å²) in [6.07, 6.45) is 2.79. The van der Waals surface area contributed by atoms with Crippen molar-refractivity contribution in [3.8, 4) is 0 Å². The molecule has 0 saturated carbocycles. The zero-order valence-corrected chi connectivity index (χ0v) is 11.4. The van der Waals surface area contributed by atoms with Gasteiger partial charge in [-0.1, -0.05) is 42.5 Å². The second kappa shape index (κ2) is 5.85. The maximum Gasteiger partial charge on any atom is 0.0702 e. The summed E-state index contributed by atoms with van der Waals surface area (Å²) in [5, 5.41) is 1.19. The number of nitrogens with two attached hydrogens (primary N) is 1. The molecule has 1 aromatic heterocycles. The lowest BCUT2D eigenvalue weighted by atomic mass is 9.91. The summed E-state index contributed by atoms with van der Waals surface area (Å²) >= 11 is 0. The Kier molecular flexibility index (Phi) is 3.75. The van der Waals surface area contributed by atoms with Crippen molar-refractivity contribution < 1.29 is 0 Å². The number of benzene rings is 2. The highest BCUT2D eigenvalue weighted by Crippen LogP contribution is 2.22. The highest BCUT2D eigenvalue weighted by Gasteiger charge is 2.10. The molecule has 100 valence electrons. The Bertz CT molecular complexity index is 692. The molecule has 0 aliphatic heterocycles. The van der Waals surface area contributed by atoms with Crippen LogP contribution in [0.3, 0.4) is 0 Å². The van der Waals surface area contributed by atoms with E-state index in [1.165, 1.54) is 16.5 Å². The Morgan fingerprint density at radius 1 is 0.950 bits per heavy atom. The fraction of sp³-hybridized carbons (Fsp3) is 0.167. The SMILES string of the molecule is NCC(Cc1ccc2ncccc2c1)c1ccccc1. The van der Waals surface area contributed by atoms with Crippen molar-refractivity contribution in [3.05, 3.63) is 78.0 Å². The van der Waals surface area contributed by atoms with Crippen molar-refractivity contribution in [2.45, 2.75) is 12.3 Å². The fourth-order valence-electron chi connectivity index (χ4n) is 2.60. The average molecular weight is 262 g/mol. The quantitative estimate of drug-likeness (QED) is 0.781. The lowest BCUT2D eigenvalue weighted by Crippen LogP contribution is -2.14. The van der Waals surface area contributed by atoms with Crippen molar-refractivity contribution in [2.75, 3.05) is 6.54 Å². The number of fused-ring (bicyclic) bond motifs is 1. The first-order chi connectivity index (χ1) is 9.86. The Balaban J connectivity index is 1.87. The number of pyridine rings is 1. The lowest BCUT2D eigenvalue weighted by Gasteiger charge is -2.15. The second-order valence-corrected chi connectivity index (χ2v) is 5.08. The van der Waals surface area contributed by atoms with Crippen LogP contribution >= 0.6 is 0 Å². The smallest absolute Gasteiger partial charge is 0.0702 e. The van der Waals surface area contributed by atoms with Gasteiger partial charge in [-0.25, -0.2) is 0 Å². The molecular formula is C18H18N2. The van der Waals surface area contributed by atoms with E-state index < -0.39 is 0 Å². The van der Waals surface area contributed by atoms with E-state index in [0.717, 1.165) is 11.9 Å². The molecule has 3 aromatic rings. The molecule has 3 rings (SSSR count). The zero-order valence-electron chi connectivity index (χ0n) is 11.4. The summed E-state index contributed by atoms with van der Waals surface area (Å²) in [4.78, 5) is 4.36. The van der Waals surface area contributed by atoms with Crippen LogP contribution in [0.25, 0.3) is 10.9 Å². The highest BCUT2D eigenvalue weighted by molar-refractivity contribution is 5.78. The fourth-order valence-corrected chi connectivity index (χ4v) is 2.60. The minimum atomic E-state index is 0.366. The Hall–Kier alpha value is -2.19. The van der Waals surface area contributed by atoms with Crippen LogP contribution < -0.4 is 5.73 Å². The highest BCUT2D eigenvalue weighted by atomic mass is 14.6. The minimum absolute atomic E-state index is 0.366. The summed E-state index contributed by atoms with van der Waals surface area (Å²) < 4.78 is 0. The van der Waals surface area contributed by atoms with Crippen molar-refractivity contribution in [1.29, 1.82) is 0 Å². The zero-order chi connectivity index (χ0) is 13.8. The summed E-state index contributed by atoms with van der Waals surface area (Å²) in [5.41, 5.74) is 9.61. The van der Waals surface area contributed by atoms with Gasteiger partial charge in [0.25, 0.3) is 0 Å². The molecule has 1 atom stereocenters. The largest absolute Gasteiger partial charge is 0.330 e. The van der Waals surface area contributed by atoms with Gasteiger partial charge in [0.2, 0.25) is 0 Å². The van der Waals surface area contributed by atoms with E-state index in [2.05, 4.69) is 53.5 Å². The summed E-state index contributed by atoms with van der Waals surface area (Å²) in [5.74, 6) is 0.366.